The molecule has 0 radical (unpaired) electrons. The smallest absolute Gasteiger partial charge is 0.205 e. The molecule has 1 unspecified atom stereocenters. The van der Waals surface area contributed by atoms with Crippen molar-refractivity contribution in [2.45, 2.75) is 89.7 Å². The predicted molar refractivity (Wildman–Crippen MR) is 160 cm³/mol. The van der Waals surface area contributed by atoms with E-state index in [4.69, 9.17) is 9.97 Å². The normalized spacial score (nSPS) is 17.9. The molecule has 1 atom stereocenters. The quantitative estimate of drug-likeness (QED) is 0.236. The lowest BCUT2D eigenvalue weighted by Crippen LogP contribution is -2.24. The summed E-state index contributed by atoms with van der Waals surface area (Å²) < 4.78 is 2.43. The fourth-order valence-corrected chi connectivity index (χ4v) is 7.06. The Kier molecular flexibility index (Phi) is 6.66. The molecule has 210 valence electrons. The van der Waals surface area contributed by atoms with Gasteiger partial charge in [0, 0.05) is 17.7 Å². The van der Waals surface area contributed by atoms with Gasteiger partial charge in [-0.25, -0.2) is 9.97 Å². The van der Waals surface area contributed by atoms with E-state index in [1.54, 1.807) is 0 Å². The van der Waals surface area contributed by atoms with Crippen molar-refractivity contribution in [2.24, 2.45) is 0 Å². The van der Waals surface area contributed by atoms with Gasteiger partial charge in [-0.05, 0) is 91.0 Å². The molecule has 8 nitrogen and oxygen atoms in total. The van der Waals surface area contributed by atoms with Crippen LogP contribution in [0.2, 0.25) is 0 Å². The minimum atomic E-state index is -0.525. The van der Waals surface area contributed by atoms with Crippen LogP contribution in [0.1, 0.15) is 86.1 Å². The highest BCUT2D eigenvalue weighted by Gasteiger charge is 2.32. The fraction of sp³-hybridized carbons (Fsp3) is 0.424. The Balaban J connectivity index is 1.26. The van der Waals surface area contributed by atoms with Crippen LogP contribution in [0.5, 0.6) is 0 Å². The van der Waals surface area contributed by atoms with E-state index in [0.29, 0.717) is 5.82 Å². The monoisotopic (exact) mass is 547 g/mol. The average Bonchev–Trinajstić information content (AvgIpc) is 3.79. The van der Waals surface area contributed by atoms with E-state index < -0.39 is 5.60 Å². The van der Waals surface area contributed by atoms with Crippen molar-refractivity contribution in [3.63, 3.8) is 0 Å². The molecule has 1 saturated carbocycles. The molecule has 0 spiro atoms. The first-order valence-electron chi connectivity index (χ1n) is 15.1. The van der Waals surface area contributed by atoms with E-state index in [1.807, 2.05) is 12.1 Å². The number of nitrogens with zero attached hydrogens (tertiary/aromatic N) is 6. The maximum absolute atomic E-state index is 11.0. The van der Waals surface area contributed by atoms with Crippen LogP contribution in [-0.4, -0.2) is 45.9 Å². The zero-order valence-corrected chi connectivity index (χ0v) is 23.9. The molecule has 0 saturated heterocycles. The molecular formula is C33H37N7O. The van der Waals surface area contributed by atoms with Gasteiger partial charge in [0.1, 0.15) is 11.3 Å². The Morgan fingerprint density at radius 2 is 1.85 bits per heavy atom. The topological polar surface area (TPSA) is 105 Å². The molecule has 1 fully saturated rings. The maximum atomic E-state index is 11.0. The summed E-state index contributed by atoms with van der Waals surface area (Å²) in [6.45, 7) is 4.37. The summed E-state index contributed by atoms with van der Waals surface area (Å²) in [4.78, 5) is 10.4. The Hall–Kier alpha value is -3.91. The van der Waals surface area contributed by atoms with Crippen molar-refractivity contribution in [3.8, 4) is 22.5 Å². The number of nitrogens with one attached hydrogen (secondary N) is 1. The number of tetrazole rings is 1. The van der Waals surface area contributed by atoms with Crippen LogP contribution in [0.25, 0.3) is 33.7 Å². The largest absolute Gasteiger partial charge is 0.390 e. The van der Waals surface area contributed by atoms with Gasteiger partial charge < -0.3 is 9.67 Å². The molecule has 8 heteroatoms. The minimum Gasteiger partial charge on any atom is -0.390 e. The summed E-state index contributed by atoms with van der Waals surface area (Å²) in [6.07, 6.45) is 9.64. The van der Waals surface area contributed by atoms with E-state index >= 15 is 0 Å². The molecule has 3 heterocycles. The SMILES string of the molecule is CCCc1nc2c(C)cc(CCC3(O)CCCC3)nc2n1C1CCc2cc(-c3ccccc3-c3nn[nH]n3)ccc21. The number of aryl methyl sites for hydroxylation is 4. The van der Waals surface area contributed by atoms with Crippen molar-refractivity contribution in [1.29, 1.82) is 0 Å². The number of hydrogen-bond donors (Lipinski definition) is 2. The number of aromatic amines is 1. The number of benzene rings is 2. The van der Waals surface area contributed by atoms with Gasteiger partial charge in [0.25, 0.3) is 0 Å². The van der Waals surface area contributed by atoms with E-state index in [0.717, 1.165) is 104 Å². The number of aromatic nitrogens is 7. The van der Waals surface area contributed by atoms with Crippen molar-refractivity contribution in [2.75, 3.05) is 0 Å². The second kappa shape index (κ2) is 10.5. The molecule has 41 heavy (non-hydrogen) atoms. The minimum absolute atomic E-state index is 0.208. The number of H-pyrrole nitrogens is 1. The molecule has 0 amide bonds. The fourth-order valence-electron chi connectivity index (χ4n) is 7.06. The van der Waals surface area contributed by atoms with Gasteiger partial charge in [-0.1, -0.05) is 62.2 Å². The van der Waals surface area contributed by atoms with Gasteiger partial charge in [0.2, 0.25) is 5.82 Å². The molecule has 2 aliphatic rings. The zero-order chi connectivity index (χ0) is 28.0. The zero-order valence-electron chi connectivity index (χ0n) is 23.9. The van der Waals surface area contributed by atoms with E-state index in [-0.39, 0.29) is 6.04 Å². The van der Waals surface area contributed by atoms with Crippen molar-refractivity contribution in [1.82, 2.24) is 35.2 Å². The molecule has 2 aliphatic carbocycles. The first-order chi connectivity index (χ1) is 20.0. The van der Waals surface area contributed by atoms with Gasteiger partial charge in [0.05, 0.1) is 11.6 Å². The highest BCUT2D eigenvalue weighted by molar-refractivity contribution is 5.81. The molecule has 3 aromatic heterocycles. The third-order valence-corrected chi connectivity index (χ3v) is 9.14. The highest BCUT2D eigenvalue weighted by atomic mass is 16.3. The molecule has 5 aromatic rings. The first kappa shape index (κ1) is 26.0. The Morgan fingerprint density at radius 1 is 1.02 bits per heavy atom. The molecule has 2 N–H and O–H groups in total. The molecule has 0 bridgehead atoms. The second-order valence-corrected chi connectivity index (χ2v) is 11.9. The molecule has 0 aliphatic heterocycles. The van der Waals surface area contributed by atoms with Gasteiger partial charge in [0.15, 0.2) is 5.65 Å². The van der Waals surface area contributed by atoms with Crippen LogP contribution < -0.4 is 0 Å². The van der Waals surface area contributed by atoms with Gasteiger partial charge in [-0.2, -0.15) is 5.21 Å². The van der Waals surface area contributed by atoms with E-state index in [2.05, 4.69) is 75.4 Å². The van der Waals surface area contributed by atoms with Crippen molar-refractivity contribution >= 4 is 11.2 Å². The number of imidazole rings is 1. The van der Waals surface area contributed by atoms with Crippen LogP contribution in [0.4, 0.5) is 0 Å². The number of rotatable bonds is 8. The Morgan fingerprint density at radius 3 is 2.63 bits per heavy atom. The average molecular weight is 548 g/mol. The maximum Gasteiger partial charge on any atom is 0.205 e. The van der Waals surface area contributed by atoms with Gasteiger partial charge in [-0.15, -0.1) is 10.2 Å². The van der Waals surface area contributed by atoms with Crippen LogP contribution in [0, 0.1) is 6.92 Å². The molecule has 7 rings (SSSR count). The second-order valence-electron chi connectivity index (χ2n) is 11.9. The summed E-state index contributed by atoms with van der Waals surface area (Å²) in [5, 5.41) is 25.7. The van der Waals surface area contributed by atoms with Crippen molar-refractivity contribution < 1.29 is 5.11 Å². The Labute approximate surface area is 240 Å². The standard InChI is InChI=1S/C33H37N7O/c1-3-8-29-35-30-21(2)19-24(15-18-33(41)16-6-7-17-33)34-32(30)40(29)28-14-12-23-20-22(11-13-26(23)28)25-9-4-5-10-27(25)31-36-38-39-37-31/h4-5,9-11,13,19-20,28,41H,3,6-8,12,14-18H2,1-2H3,(H,36,37,38,39). The molecular weight excluding hydrogens is 510 g/mol. The van der Waals surface area contributed by atoms with E-state index in [9.17, 15) is 5.11 Å². The summed E-state index contributed by atoms with van der Waals surface area (Å²) in [5.41, 5.74) is 9.67. The summed E-state index contributed by atoms with van der Waals surface area (Å²) in [7, 11) is 0. The molecule has 2 aromatic carbocycles. The summed E-state index contributed by atoms with van der Waals surface area (Å²) >= 11 is 0. The number of hydrogen-bond acceptors (Lipinski definition) is 6. The van der Waals surface area contributed by atoms with Crippen LogP contribution in [-0.2, 0) is 19.3 Å². The summed E-state index contributed by atoms with van der Waals surface area (Å²) in [6, 6.07) is 17.5. The number of pyridine rings is 1. The highest BCUT2D eigenvalue weighted by Crippen LogP contribution is 2.41. The third-order valence-electron chi connectivity index (χ3n) is 9.14. The lowest BCUT2D eigenvalue weighted by atomic mass is 9.94. The number of aliphatic hydroxyl groups is 1. The Bertz CT molecular complexity index is 1700. The van der Waals surface area contributed by atoms with Gasteiger partial charge >= 0.3 is 0 Å². The van der Waals surface area contributed by atoms with Crippen LogP contribution in [0.15, 0.2) is 48.5 Å². The lowest BCUT2D eigenvalue weighted by Gasteiger charge is -2.22. The predicted octanol–water partition coefficient (Wildman–Crippen LogP) is 6.31. The van der Waals surface area contributed by atoms with Crippen molar-refractivity contribution in [3.05, 3.63) is 76.7 Å². The van der Waals surface area contributed by atoms with Gasteiger partial charge in [-0.3, -0.25) is 0 Å². The third kappa shape index (κ3) is 4.74. The van der Waals surface area contributed by atoms with Crippen LogP contribution in [0.3, 0.4) is 0 Å². The first-order valence-corrected chi connectivity index (χ1v) is 15.1. The number of fused-ring (bicyclic) bond motifs is 2. The summed E-state index contributed by atoms with van der Waals surface area (Å²) in [5.74, 6) is 1.72. The lowest BCUT2D eigenvalue weighted by molar-refractivity contribution is 0.0389. The van der Waals surface area contributed by atoms with E-state index in [1.165, 1.54) is 16.7 Å². The van der Waals surface area contributed by atoms with Crippen LogP contribution >= 0.6 is 0 Å².